The number of nitrogens with zero attached hydrogens (tertiary/aromatic N) is 2. The van der Waals surface area contributed by atoms with E-state index in [0.717, 1.165) is 84.6 Å². The lowest BCUT2D eigenvalue weighted by Gasteiger charge is -2.40. The highest BCUT2D eigenvalue weighted by atomic mass is 16.4. The summed E-state index contributed by atoms with van der Waals surface area (Å²) < 4.78 is 13.8. The fourth-order valence-electron chi connectivity index (χ4n) is 10.9. The minimum Gasteiger partial charge on any atom is -0.452 e. The number of hydrogen-bond donors (Lipinski definition) is 0. The molecule has 354 valence electrons. The average Bonchev–Trinajstić information content (AvgIpc) is 3.87. The number of anilines is 4. The van der Waals surface area contributed by atoms with E-state index in [1.165, 1.54) is 39.1 Å². The fraction of sp³-hybridized carbons (Fsp3) is 0.303. The van der Waals surface area contributed by atoms with E-state index in [1.807, 2.05) is 0 Å². The van der Waals surface area contributed by atoms with Crippen LogP contribution in [0.2, 0.25) is 0 Å². The van der Waals surface area contributed by atoms with Crippen molar-refractivity contribution < 1.29 is 8.83 Å². The molecule has 11 rings (SSSR count). The van der Waals surface area contributed by atoms with Crippen molar-refractivity contribution in [3.05, 3.63) is 185 Å². The molecule has 2 unspecified atom stereocenters. The van der Waals surface area contributed by atoms with Crippen LogP contribution in [0.25, 0.3) is 60.7 Å². The number of rotatable bonds is 6. The van der Waals surface area contributed by atoms with E-state index in [2.05, 4.69) is 251 Å². The second kappa shape index (κ2) is 16.4. The molecule has 0 N–H and O–H groups in total. The van der Waals surface area contributed by atoms with E-state index < -0.39 is 0 Å². The summed E-state index contributed by atoms with van der Waals surface area (Å²) in [5.41, 5.74) is 16.2. The molecule has 4 nitrogen and oxygen atoms in total. The summed E-state index contributed by atoms with van der Waals surface area (Å²) in [5.74, 6) is 0. The number of furan rings is 2. The Kier molecular flexibility index (Phi) is 10.7. The van der Waals surface area contributed by atoms with Gasteiger partial charge in [-0.3, -0.25) is 0 Å². The zero-order chi connectivity index (χ0) is 49.1. The molecule has 70 heavy (non-hydrogen) atoms. The molecule has 0 saturated heterocycles. The predicted octanol–water partition coefficient (Wildman–Crippen LogP) is 18.7. The van der Waals surface area contributed by atoms with Gasteiger partial charge in [-0.05, 0) is 164 Å². The molecular weight excluding hydrogens is 853 g/mol. The van der Waals surface area contributed by atoms with Gasteiger partial charge in [0.05, 0.1) is 12.1 Å². The van der Waals surface area contributed by atoms with Gasteiger partial charge < -0.3 is 18.6 Å². The van der Waals surface area contributed by atoms with Gasteiger partial charge in [0.15, 0.2) is 11.2 Å². The maximum absolute atomic E-state index is 6.89. The smallest absolute Gasteiger partial charge is 0.178 e. The van der Waals surface area contributed by atoms with Crippen molar-refractivity contribution in [2.45, 2.75) is 124 Å². The first kappa shape index (κ1) is 45.7. The lowest BCUT2D eigenvalue weighted by molar-refractivity contribution is 0.506. The minimum absolute atomic E-state index is 0.0669. The van der Waals surface area contributed by atoms with E-state index >= 15 is 0 Å². The Balaban J connectivity index is 0.950. The predicted molar refractivity (Wildman–Crippen MR) is 300 cm³/mol. The molecule has 0 spiro atoms. The highest BCUT2D eigenvalue weighted by molar-refractivity contribution is 6.20. The van der Waals surface area contributed by atoms with Crippen LogP contribution in [-0.4, -0.2) is 12.1 Å². The molecule has 7 aromatic carbocycles. The third kappa shape index (κ3) is 8.23. The van der Waals surface area contributed by atoms with Crippen molar-refractivity contribution in [3.63, 3.8) is 0 Å². The van der Waals surface area contributed by atoms with Crippen molar-refractivity contribution in [3.8, 4) is 0 Å². The Morgan fingerprint density at radius 3 is 1.44 bits per heavy atom. The molecule has 2 aliphatic rings. The third-order valence-electron chi connectivity index (χ3n) is 15.1. The normalized spacial score (nSPS) is 16.7. The van der Waals surface area contributed by atoms with Crippen molar-refractivity contribution in [1.29, 1.82) is 0 Å². The second-order valence-corrected chi connectivity index (χ2v) is 24.3. The number of hydrogen-bond acceptors (Lipinski definition) is 4. The molecule has 2 aromatic heterocycles. The third-order valence-corrected chi connectivity index (χ3v) is 15.1. The molecule has 0 aliphatic heterocycles. The summed E-state index contributed by atoms with van der Waals surface area (Å²) in [6.45, 7) is 27.4. The van der Waals surface area contributed by atoms with Crippen molar-refractivity contribution in [2.24, 2.45) is 5.41 Å². The largest absolute Gasteiger partial charge is 0.452 e. The number of fused-ring (bicyclic) bond motifs is 9. The molecule has 0 saturated carbocycles. The summed E-state index contributed by atoms with van der Waals surface area (Å²) in [5, 5.41) is 6.63. The fourth-order valence-corrected chi connectivity index (χ4v) is 10.9. The molecule has 0 bridgehead atoms. The summed E-state index contributed by atoms with van der Waals surface area (Å²) in [6.07, 6.45) is 13.9. The lowest BCUT2D eigenvalue weighted by Crippen LogP contribution is -2.44. The van der Waals surface area contributed by atoms with Gasteiger partial charge in [-0.25, -0.2) is 0 Å². The molecule has 2 heterocycles. The maximum atomic E-state index is 6.89. The van der Waals surface area contributed by atoms with Crippen LogP contribution in [0.5, 0.6) is 0 Å². The Morgan fingerprint density at radius 1 is 0.429 bits per heavy atom. The van der Waals surface area contributed by atoms with E-state index in [4.69, 9.17) is 8.83 Å². The second-order valence-electron chi connectivity index (χ2n) is 24.3. The van der Waals surface area contributed by atoms with Crippen LogP contribution in [0, 0.1) is 5.41 Å². The Hall–Kier alpha value is -6.78. The zero-order valence-corrected chi connectivity index (χ0v) is 43.3. The highest BCUT2D eigenvalue weighted by Gasteiger charge is 2.30. The van der Waals surface area contributed by atoms with Crippen LogP contribution in [0.15, 0.2) is 166 Å². The van der Waals surface area contributed by atoms with Gasteiger partial charge in [-0.1, -0.05) is 156 Å². The van der Waals surface area contributed by atoms with Crippen LogP contribution in [-0.2, 0) is 22.7 Å². The molecule has 0 fully saturated rings. The highest BCUT2D eigenvalue weighted by Crippen LogP contribution is 2.44. The monoisotopic (exact) mass is 921 g/mol. The topological polar surface area (TPSA) is 32.8 Å². The van der Waals surface area contributed by atoms with E-state index in [0.29, 0.717) is 0 Å². The van der Waals surface area contributed by atoms with Crippen LogP contribution in [0.1, 0.15) is 117 Å². The quantitative estimate of drug-likeness (QED) is 0.166. The number of allylic oxidation sites excluding steroid dienone is 2. The van der Waals surface area contributed by atoms with Gasteiger partial charge in [-0.2, -0.15) is 0 Å². The zero-order valence-electron chi connectivity index (χ0n) is 43.3. The van der Waals surface area contributed by atoms with E-state index in [9.17, 15) is 0 Å². The lowest BCUT2D eigenvalue weighted by atomic mass is 9.82. The molecule has 9 aromatic rings. The molecular formula is C66H68N2O2. The first-order valence-electron chi connectivity index (χ1n) is 25.4. The minimum atomic E-state index is 0.0669. The van der Waals surface area contributed by atoms with Gasteiger partial charge in [0, 0.05) is 44.3 Å². The summed E-state index contributed by atoms with van der Waals surface area (Å²) >= 11 is 0. The van der Waals surface area contributed by atoms with Crippen LogP contribution in [0.3, 0.4) is 0 Å². The van der Waals surface area contributed by atoms with Crippen LogP contribution in [0.4, 0.5) is 22.7 Å². The van der Waals surface area contributed by atoms with Crippen LogP contribution < -0.4 is 9.80 Å². The Bertz CT molecular complexity index is 3510. The number of benzene rings is 7. The standard InChI is InChI=1S/C66H68N2O2/c1-63(2,3)45-15-25-49(26-16-45)67(50-27-17-46(18-28-50)64(4,5)6)53-23-13-41-37-57-55-33-34-56-58-38-42-14-24-54(36-44(42)40-60(58)70-62(56)61(55)69-59(57)39-43(41)35-53)68(51-29-19-47(20-30-51)65(7,8)9)52-31-21-48(22-32-52)66(10,11)12/h13-31,33-35,37-40,52,54H,32,36H2,1-12H3. The first-order chi connectivity index (χ1) is 33.2. The SMILES string of the molecule is CC(C)(C)C1=CCC(N(c2ccc(C(C)(C)C)cc2)C2C=Cc3cc4c(cc3C2)oc2c4ccc3c4cc5ccc(N(c6ccc(C(C)(C)C)cc6)c6ccc(C(C)(C)C)cc6)cc5cc4oc32)C=C1. The summed E-state index contributed by atoms with van der Waals surface area (Å²) in [4.78, 5) is 5.00. The van der Waals surface area contributed by atoms with E-state index in [1.54, 1.807) is 0 Å². The summed E-state index contributed by atoms with van der Waals surface area (Å²) in [6, 6.07) is 48.2. The molecule has 4 heteroatoms. The van der Waals surface area contributed by atoms with Crippen LogP contribution >= 0.6 is 0 Å². The van der Waals surface area contributed by atoms with Crippen molar-refractivity contribution in [2.75, 3.05) is 9.80 Å². The van der Waals surface area contributed by atoms with Gasteiger partial charge in [0.2, 0.25) is 0 Å². The molecule has 2 atom stereocenters. The molecule has 0 amide bonds. The van der Waals surface area contributed by atoms with E-state index in [-0.39, 0.29) is 33.7 Å². The van der Waals surface area contributed by atoms with Gasteiger partial charge in [-0.15, -0.1) is 0 Å². The molecule has 2 aliphatic carbocycles. The average molecular weight is 921 g/mol. The summed E-state index contributed by atoms with van der Waals surface area (Å²) in [7, 11) is 0. The van der Waals surface area contributed by atoms with Gasteiger partial charge >= 0.3 is 0 Å². The molecule has 0 radical (unpaired) electrons. The van der Waals surface area contributed by atoms with Crippen molar-refractivity contribution >= 4 is 83.5 Å². The van der Waals surface area contributed by atoms with Crippen molar-refractivity contribution in [1.82, 2.24) is 0 Å². The van der Waals surface area contributed by atoms with Gasteiger partial charge in [0.1, 0.15) is 11.2 Å². The maximum Gasteiger partial charge on any atom is 0.178 e. The Morgan fingerprint density at radius 2 is 0.929 bits per heavy atom. The first-order valence-corrected chi connectivity index (χ1v) is 25.4. The van der Waals surface area contributed by atoms with Gasteiger partial charge in [0.25, 0.3) is 0 Å². The Labute approximate surface area is 415 Å².